The lowest BCUT2D eigenvalue weighted by molar-refractivity contribution is -0.0949. The third-order valence-corrected chi connectivity index (χ3v) is 6.27. The van der Waals surface area contributed by atoms with Crippen LogP contribution in [0.3, 0.4) is 0 Å². The molecule has 0 aromatic heterocycles. The summed E-state index contributed by atoms with van der Waals surface area (Å²) >= 11 is 0. The number of nitrogens with zero attached hydrogens (tertiary/aromatic N) is 1. The summed E-state index contributed by atoms with van der Waals surface area (Å²) in [7, 11) is 2.16. The Labute approximate surface area is 134 Å². The van der Waals surface area contributed by atoms with E-state index in [1.807, 2.05) is 6.07 Å². The number of nitrogens with two attached hydrogens (primary N) is 1. The fraction of sp³-hybridized carbons (Fsp3) is 0.529. The van der Waals surface area contributed by atoms with Gasteiger partial charge in [0.25, 0.3) is 0 Å². The van der Waals surface area contributed by atoms with Crippen LogP contribution < -0.4 is 10.5 Å². The molecule has 4 aliphatic rings. The molecular weight excluding hydrogens is 296 g/mol. The van der Waals surface area contributed by atoms with Gasteiger partial charge < -0.3 is 25.3 Å². The number of aromatic hydroxyl groups is 1. The zero-order valence-corrected chi connectivity index (χ0v) is 13.0. The Morgan fingerprint density at radius 3 is 2.96 bits per heavy atom. The van der Waals surface area contributed by atoms with Gasteiger partial charge in [0.05, 0.1) is 0 Å². The Bertz CT molecular complexity index is 717. The van der Waals surface area contributed by atoms with Crippen molar-refractivity contribution in [2.45, 2.75) is 36.1 Å². The van der Waals surface area contributed by atoms with Gasteiger partial charge in [-0.25, -0.2) is 0 Å². The standard InChI is InChI=1S/C17H20N2O3.H2O/c1-19-7-6-16-10-4-5-17(18,21)15(16)22-14-12(20)3-2-9(13(14)16)8-11(10)19;/h2-5,10-11,15,20-21H,6-8,18H2,1H3;1H2/t10-,11+,15+,16-,17-;/m0./s1. The van der Waals surface area contributed by atoms with E-state index in [9.17, 15) is 10.2 Å². The quantitative estimate of drug-likeness (QED) is 0.448. The Hall–Kier alpha value is -1.60. The molecule has 124 valence electrons. The second-order valence-electron chi connectivity index (χ2n) is 7.26. The van der Waals surface area contributed by atoms with Crippen LogP contribution in [0.1, 0.15) is 17.5 Å². The van der Waals surface area contributed by atoms with Gasteiger partial charge >= 0.3 is 0 Å². The summed E-state index contributed by atoms with van der Waals surface area (Å²) < 4.78 is 6.07. The predicted molar refractivity (Wildman–Crippen MR) is 84.3 cm³/mol. The van der Waals surface area contributed by atoms with E-state index in [1.165, 1.54) is 5.56 Å². The average Bonchev–Trinajstić information content (AvgIpc) is 2.83. The number of hydrogen-bond donors (Lipinski definition) is 3. The van der Waals surface area contributed by atoms with Gasteiger partial charge in [-0.3, -0.25) is 5.73 Å². The van der Waals surface area contributed by atoms with Crippen LogP contribution in [0.15, 0.2) is 24.3 Å². The minimum absolute atomic E-state index is 0. The SMILES string of the molecule is CN1CC[C@]23c4c5ccc(O)c4O[C@H]2[C@@](N)(O)C=C[C@H]3[C@H]1C5.O. The highest BCUT2D eigenvalue weighted by Gasteiger charge is 2.67. The summed E-state index contributed by atoms with van der Waals surface area (Å²) in [5, 5.41) is 20.9. The minimum Gasteiger partial charge on any atom is -0.504 e. The molecule has 2 aliphatic carbocycles. The first-order valence-corrected chi connectivity index (χ1v) is 7.88. The summed E-state index contributed by atoms with van der Waals surface area (Å²) in [4.78, 5) is 2.39. The van der Waals surface area contributed by atoms with Crippen molar-refractivity contribution in [3.8, 4) is 11.5 Å². The van der Waals surface area contributed by atoms with Gasteiger partial charge in [0, 0.05) is 22.9 Å². The van der Waals surface area contributed by atoms with Crippen molar-refractivity contribution in [1.82, 2.24) is 4.90 Å². The van der Waals surface area contributed by atoms with E-state index in [-0.39, 0.29) is 22.6 Å². The molecule has 6 heteroatoms. The van der Waals surface area contributed by atoms with Crippen molar-refractivity contribution in [3.05, 3.63) is 35.4 Å². The average molecular weight is 318 g/mol. The maximum absolute atomic E-state index is 10.7. The van der Waals surface area contributed by atoms with Crippen LogP contribution in [0.2, 0.25) is 0 Å². The Kier molecular flexibility index (Phi) is 2.78. The predicted octanol–water partition coefficient (Wildman–Crippen LogP) is -0.340. The van der Waals surface area contributed by atoms with Crippen LogP contribution in [0.4, 0.5) is 0 Å². The molecule has 0 unspecified atom stereocenters. The number of phenolic OH excluding ortho intramolecular Hbond substituents is 1. The number of rotatable bonds is 0. The second-order valence-corrected chi connectivity index (χ2v) is 7.26. The van der Waals surface area contributed by atoms with Crippen molar-refractivity contribution in [2.75, 3.05) is 13.6 Å². The van der Waals surface area contributed by atoms with E-state index in [2.05, 4.69) is 18.0 Å². The number of ether oxygens (including phenoxy) is 1. The second kappa shape index (κ2) is 4.27. The Morgan fingerprint density at radius 1 is 1.39 bits per heavy atom. The number of aliphatic hydroxyl groups is 1. The lowest BCUT2D eigenvalue weighted by atomic mass is 9.52. The van der Waals surface area contributed by atoms with Crippen LogP contribution in [0, 0.1) is 5.92 Å². The monoisotopic (exact) mass is 318 g/mol. The molecule has 5 atom stereocenters. The topological polar surface area (TPSA) is 110 Å². The highest BCUT2D eigenvalue weighted by molar-refractivity contribution is 5.62. The normalized spacial score (nSPS) is 42.7. The first-order chi connectivity index (χ1) is 10.4. The molecule has 2 bridgehead atoms. The molecular formula is C17H22N2O4. The van der Waals surface area contributed by atoms with Crippen molar-refractivity contribution in [2.24, 2.45) is 11.7 Å². The molecule has 1 spiro atoms. The number of benzene rings is 1. The Balaban J connectivity index is 0.00000135. The fourth-order valence-electron chi connectivity index (χ4n) is 5.34. The molecule has 1 aromatic carbocycles. The highest BCUT2D eigenvalue weighted by Crippen LogP contribution is 2.63. The lowest BCUT2D eigenvalue weighted by Gasteiger charge is -2.57. The third kappa shape index (κ3) is 1.52. The summed E-state index contributed by atoms with van der Waals surface area (Å²) in [5.74, 6) is 0.938. The van der Waals surface area contributed by atoms with Gasteiger partial charge in [-0.1, -0.05) is 12.1 Å². The first kappa shape index (κ1) is 15.0. The maximum Gasteiger partial charge on any atom is 0.171 e. The van der Waals surface area contributed by atoms with Gasteiger partial charge in [-0.05, 0) is 44.1 Å². The number of likely N-dealkylation sites (tertiary alicyclic amines) is 1. The molecule has 2 aliphatic heterocycles. The van der Waals surface area contributed by atoms with Gasteiger partial charge in [-0.2, -0.15) is 0 Å². The van der Waals surface area contributed by atoms with Crippen LogP contribution in [-0.4, -0.2) is 52.1 Å². The smallest absolute Gasteiger partial charge is 0.171 e. The van der Waals surface area contributed by atoms with E-state index in [4.69, 9.17) is 10.5 Å². The van der Waals surface area contributed by atoms with E-state index in [1.54, 1.807) is 12.1 Å². The summed E-state index contributed by atoms with van der Waals surface area (Å²) in [6.45, 7) is 0.944. The van der Waals surface area contributed by atoms with E-state index in [0.717, 1.165) is 24.9 Å². The van der Waals surface area contributed by atoms with Gasteiger partial charge in [0.1, 0.15) is 0 Å². The molecule has 0 radical (unpaired) electrons. The van der Waals surface area contributed by atoms with Crippen LogP contribution >= 0.6 is 0 Å². The van der Waals surface area contributed by atoms with E-state index < -0.39 is 11.8 Å². The van der Waals surface area contributed by atoms with Crippen molar-refractivity contribution in [1.29, 1.82) is 0 Å². The molecule has 1 saturated heterocycles. The van der Waals surface area contributed by atoms with Gasteiger partial charge in [0.2, 0.25) is 0 Å². The molecule has 5 rings (SSSR count). The number of piperidine rings is 1. The molecule has 0 amide bonds. The first-order valence-electron chi connectivity index (χ1n) is 7.88. The van der Waals surface area contributed by atoms with E-state index >= 15 is 0 Å². The number of hydrogen-bond acceptors (Lipinski definition) is 5. The molecule has 1 aromatic rings. The zero-order valence-electron chi connectivity index (χ0n) is 13.0. The van der Waals surface area contributed by atoms with Crippen LogP contribution in [0.5, 0.6) is 11.5 Å². The van der Waals surface area contributed by atoms with E-state index in [0.29, 0.717) is 11.8 Å². The summed E-state index contributed by atoms with van der Waals surface area (Å²) in [5.41, 5.74) is 6.62. The highest BCUT2D eigenvalue weighted by atomic mass is 16.5. The molecule has 1 fully saturated rings. The number of likely N-dealkylation sites (N-methyl/N-ethyl adjacent to an activating group) is 1. The van der Waals surface area contributed by atoms with Crippen molar-refractivity contribution in [3.63, 3.8) is 0 Å². The fourth-order valence-corrected chi connectivity index (χ4v) is 5.34. The third-order valence-electron chi connectivity index (χ3n) is 6.27. The largest absolute Gasteiger partial charge is 0.504 e. The van der Waals surface area contributed by atoms with Crippen molar-refractivity contribution < 1.29 is 20.4 Å². The minimum atomic E-state index is -1.50. The number of phenols is 1. The zero-order chi connectivity index (χ0) is 15.3. The van der Waals surface area contributed by atoms with Crippen LogP contribution in [0.25, 0.3) is 0 Å². The maximum atomic E-state index is 10.7. The van der Waals surface area contributed by atoms with Gasteiger partial charge in [-0.15, -0.1) is 0 Å². The molecule has 2 heterocycles. The van der Waals surface area contributed by atoms with Gasteiger partial charge in [0.15, 0.2) is 23.3 Å². The Morgan fingerprint density at radius 2 is 2.17 bits per heavy atom. The molecule has 6 nitrogen and oxygen atoms in total. The molecule has 6 N–H and O–H groups in total. The molecule has 23 heavy (non-hydrogen) atoms. The van der Waals surface area contributed by atoms with Crippen LogP contribution in [-0.2, 0) is 11.8 Å². The summed E-state index contributed by atoms with van der Waals surface area (Å²) in [6, 6.07) is 4.08. The lowest BCUT2D eigenvalue weighted by Crippen LogP contribution is -2.70. The molecule has 0 saturated carbocycles. The summed E-state index contributed by atoms with van der Waals surface area (Å²) in [6.07, 6.45) is 5.04. The van der Waals surface area contributed by atoms with Crippen molar-refractivity contribution >= 4 is 0 Å².